The Labute approximate surface area is 149 Å². The predicted molar refractivity (Wildman–Crippen MR) is 69.9 cm³/mol. The summed E-state index contributed by atoms with van der Waals surface area (Å²) in [5, 5.41) is 15.7. The summed E-state index contributed by atoms with van der Waals surface area (Å²) in [5.74, 6) is -1.67. The fraction of sp³-hybridized carbons (Fsp3) is 0.667. The van der Waals surface area contributed by atoms with Crippen molar-refractivity contribution in [3.8, 4) is 0 Å². The molecule has 0 aromatic heterocycles. The summed E-state index contributed by atoms with van der Waals surface area (Å²) in [6, 6.07) is 0. The van der Waals surface area contributed by atoms with E-state index in [-0.39, 0.29) is 36.0 Å². The molecule has 0 atom stereocenters. The van der Waals surface area contributed by atoms with E-state index >= 15 is 0 Å². The number of halogens is 4. The summed E-state index contributed by atoms with van der Waals surface area (Å²) in [6.45, 7) is 2.17. The molecule has 0 fully saturated rings. The molecule has 2 N–H and O–H groups in total. The second-order valence-electron chi connectivity index (χ2n) is 1.79. The van der Waals surface area contributed by atoms with Crippen molar-refractivity contribution >= 4 is 75.7 Å². The van der Waals surface area contributed by atoms with Crippen LogP contribution in [0.3, 0.4) is 0 Å². The Morgan fingerprint density at radius 2 is 1.12 bits per heavy atom. The van der Waals surface area contributed by atoms with Gasteiger partial charge in [-0.25, -0.2) is 0 Å². The second kappa shape index (κ2) is 19.2. The quantitative estimate of drug-likeness (QED) is 0.341. The molecule has 0 spiro atoms. The molecule has 0 saturated heterocycles. The van der Waals surface area contributed by atoms with E-state index in [2.05, 4.69) is 63.7 Å². The molecule has 0 rings (SSSR count). The van der Waals surface area contributed by atoms with E-state index in [1.165, 1.54) is 0 Å². The van der Waals surface area contributed by atoms with Crippen molar-refractivity contribution in [1.29, 1.82) is 0 Å². The van der Waals surface area contributed by atoms with Gasteiger partial charge in [0.05, 0.1) is 0 Å². The van der Waals surface area contributed by atoms with Crippen LogP contribution in [0.1, 0.15) is 13.8 Å². The van der Waals surface area contributed by atoms with Gasteiger partial charge in [0.15, 0.2) is 0 Å². The third-order valence-electron chi connectivity index (χ3n) is 0.152. The van der Waals surface area contributed by atoms with E-state index in [9.17, 15) is 0 Å². The Balaban J connectivity index is -0.0000000367. The topological polar surface area (TPSA) is 74.6 Å². The van der Waals surface area contributed by atoms with Crippen molar-refractivity contribution in [2.75, 3.05) is 5.33 Å². The zero-order chi connectivity index (χ0) is 12.4. The molecule has 0 unspecified atom stereocenters. The SMILES string of the molecule is BrCC(Br)(Br)Br.CC(=O)O.CC(=O)O.[Co].[Mn]. The van der Waals surface area contributed by atoms with Gasteiger partial charge in [-0.2, -0.15) is 0 Å². The summed E-state index contributed by atoms with van der Waals surface area (Å²) in [7, 11) is 0. The van der Waals surface area contributed by atoms with Crippen LogP contribution in [0.4, 0.5) is 0 Å². The van der Waals surface area contributed by atoms with E-state index in [4.69, 9.17) is 19.8 Å². The van der Waals surface area contributed by atoms with Crippen molar-refractivity contribution in [3.05, 3.63) is 0 Å². The molecule has 2 radical (unpaired) electrons. The second-order valence-corrected chi connectivity index (χ2v) is 9.60. The summed E-state index contributed by atoms with van der Waals surface area (Å²) >= 11 is 13.0. The standard InChI is InChI=1S/C2H2Br4.2C2H4O2.Co.Mn/c3-1-2(4,5)6;2*1-2(3)4;;/h1H2;2*1H3,(H,3,4);;. The smallest absolute Gasteiger partial charge is 0.300 e. The van der Waals surface area contributed by atoms with Crippen molar-refractivity contribution in [1.82, 2.24) is 0 Å². The molecule has 0 aliphatic carbocycles. The minimum atomic E-state index is -0.833. The number of carboxylic acids is 2. The molecule has 4 nitrogen and oxygen atoms in total. The van der Waals surface area contributed by atoms with Gasteiger partial charge in [0.1, 0.15) is 2.14 Å². The summed E-state index contributed by atoms with van der Waals surface area (Å²) in [6.07, 6.45) is 0. The van der Waals surface area contributed by atoms with Crippen LogP contribution in [0, 0.1) is 0 Å². The van der Waals surface area contributed by atoms with Crippen molar-refractivity contribution in [3.63, 3.8) is 0 Å². The average Bonchev–Trinajstić information content (AvgIpc) is 1.83. The zero-order valence-corrected chi connectivity index (χ0v) is 16.7. The van der Waals surface area contributed by atoms with Gasteiger partial charge in [-0.15, -0.1) is 0 Å². The van der Waals surface area contributed by atoms with Gasteiger partial charge in [-0.3, -0.25) is 9.59 Å². The maximum absolute atomic E-state index is 9.00. The molecule has 0 aliphatic heterocycles. The third-order valence-corrected chi connectivity index (χ3v) is 4.09. The zero-order valence-electron chi connectivity index (χ0n) is 8.14. The van der Waals surface area contributed by atoms with Crippen molar-refractivity contribution < 1.29 is 53.6 Å². The van der Waals surface area contributed by atoms with Crippen molar-refractivity contribution in [2.24, 2.45) is 0 Å². The van der Waals surface area contributed by atoms with Crippen molar-refractivity contribution in [2.45, 2.75) is 16.0 Å². The molecule has 16 heavy (non-hydrogen) atoms. The van der Waals surface area contributed by atoms with Gasteiger partial charge in [0, 0.05) is 53.0 Å². The van der Waals surface area contributed by atoms with Crippen LogP contribution in [-0.4, -0.2) is 29.6 Å². The number of hydrogen-bond acceptors (Lipinski definition) is 2. The Morgan fingerprint density at radius 3 is 1.12 bits per heavy atom. The molecule has 0 saturated carbocycles. The number of hydrogen-bond donors (Lipinski definition) is 2. The summed E-state index contributed by atoms with van der Waals surface area (Å²) in [4.78, 5) is 18.0. The van der Waals surface area contributed by atoms with E-state index < -0.39 is 11.9 Å². The van der Waals surface area contributed by atoms with Gasteiger partial charge in [0.25, 0.3) is 11.9 Å². The van der Waals surface area contributed by atoms with Gasteiger partial charge in [-0.05, 0) is 0 Å². The van der Waals surface area contributed by atoms with Crippen LogP contribution < -0.4 is 0 Å². The summed E-state index contributed by atoms with van der Waals surface area (Å²) in [5.41, 5.74) is 0. The van der Waals surface area contributed by atoms with E-state index in [0.717, 1.165) is 19.2 Å². The minimum Gasteiger partial charge on any atom is -0.481 e. The fourth-order valence-corrected chi connectivity index (χ4v) is 0. The van der Waals surface area contributed by atoms with Crippen LogP contribution in [0.25, 0.3) is 0 Å². The normalized spacial score (nSPS) is 7.62. The van der Waals surface area contributed by atoms with Gasteiger partial charge < -0.3 is 10.2 Å². The van der Waals surface area contributed by atoms with Crippen LogP contribution in [0.2, 0.25) is 0 Å². The van der Waals surface area contributed by atoms with E-state index in [1.54, 1.807) is 0 Å². The first-order chi connectivity index (χ1) is 6.02. The molecule has 0 aromatic rings. The molecule has 0 aromatic carbocycles. The van der Waals surface area contributed by atoms with Gasteiger partial charge in [-0.1, -0.05) is 63.7 Å². The average molecular weight is 580 g/mol. The van der Waals surface area contributed by atoms with Crippen LogP contribution in [0.5, 0.6) is 0 Å². The van der Waals surface area contributed by atoms with Crippen LogP contribution >= 0.6 is 63.7 Å². The molecule has 102 valence electrons. The van der Waals surface area contributed by atoms with Crippen LogP contribution in [-0.2, 0) is 43.4 Å². The number of alkyl halides is 4. The molecule has 0 bridgehead atoms. The Morgan fingerprint density at radius 1 is 1.06 bits per heavy atom. The first kappa shape index (κ1) is 30.7. The van der Waals surface area contributed by atoms with Gasteiger partial charge in [0.2, 0.25) is 0 Å². The molecular weight excluding hydrogens is 570 g/mol. The first-order valence-corrected chi connectivity index (χ1v) is 6.54. The summed E-state index contributed by atoms with van der Waals surface area (Å²) < 4.78 is -0.104. The molecule has 0 heterocycles. The molecule has 0 amide bonds. The minimum absolute atomic E-state index is 0. The number of rotatable bonds is 0. The van der Waals surface area contributed by atoms with Gasteiger partial charge >= 0.3 is 0 Å². The number of carbonyl (C=O) groups is 2. The number of aliphatic carboxylic acids is 2. The first-order valence-electron chi connectivity index (χ1n) is 3.04. The third kappa shape index (κ3) is 147. The molecule has 0 aliphatic rings. The maximum atomic E-state index is 9.00. The van der Waals surface area contributed by atoms with Crippen LogP contribution in [0.15, 0.2) is 0 Å². The largest absolute Gasteiger partial charge is 0.481 e. The monoisotopic (exact) mass is 576 g/mol. The Kier molecular flexibility index (Phi) is 36.9. The predicted octanol–water partition coefficient (Wildman–Crippen LogP) is 3.40. The molecule has 10 heteroatoms. The fourth-order valence-electron chi connectivity index (χ4n) is 0. The molecular formula is C6H10Br4CoMnO4. The maximum Gasteiger partial charge on any atom is 0.300 e. The van der Waals surface area contributed by atoms with E-state index in [0.29, 0.717) is 0 Å². The Hall–Kier alpha value is 1.89. The van der Waals surface area contributed by atoms with E-state index in [1.807, 2.05) is 0 Å². The number of carboxylic acid groups (broad SMARTS) is 2. The Bertz CT molecular complexity index is 156.